The van der Waals surface area contributed by atoms with Crippen molar-refractivity contribution in [2.24, 2.45) is 0 Å². The molecule has 1 atom stereocenters. The molecule has 0 aliphatic carbocycles. The normalized spacial score (nSPS) is 12.0. The molecule has 2 N–H and O–H groups in total. The number of rotatable bonds is 3. The minimum atomic E-state index is -0.781. The van der Waals surface area contributed by atoms with Crippen LogP contribution < -0.4 is 0 Å². The number of hydrogen-bond acceptors (Lipinski definition) is 5. The second-order valence-corrected chi connectivity index (χ2v) is 3.24. The fourth-order valence-corrected chi connectivity index (χ4v) is 1.37. The fourth-order valence-electron chi connectivity index (χ4n) is 1.37. The molecule has 0 saturated heterocycles. The molecule has 6 nitrogen and oxygen atoms in total. The van der Waals surface area contributed by atoms with Crippen molar-refractivity contribution in [3.63, 3.8) is 0 Å². The third-order valence-electron chi connectivity index (χ3n) is 2.16. The van der Waals surface area contributed by atoms with Gasteiger partial charge in [-0.15, -0.1) is 10.2 Å². The first-order chi connectivity index (χ1) is 7.81. The van der Waals surface area contributed by atoms with Gasteiger partial charge >= 0.3 is 0 Å². The van der Waals surface area contributed by atoms with Gasteiger partial charge in [-0.25, -0.2) is 0 Å². The van der Waals surface area contributed by atoms with Crippen LogP contribution in [0, 0.1) is 11.3 Å². The van der Waals surface area contributed by atoms with Crippen LogP contribution in [0.1, 0.15) is 18.1 Å². The standard InChI is InChI=1S/C10H9N5O/c11-5-4-9(16)7-2-1-3-8(6-7)10-12-14-15-13-10/h1-3,6,9,16H,4H2,(H,12,13,14,15). The molecule has 6 heteroatoms. The number of H-pyrrole nitrogens is 1. The van der Waals surface area contributed by atoms with Crippen molar-refractivity contribution < 1.29 is 5.11 Å². The van der Waals surface area contributed by atoms with Crippen LogP contribution in [0.5, 0.6) is 0 Å². The average Bonchev–Trinajstić information content (AvgIpc) is 2.83. The van der Waals surface area contributed by atoms with Crippen molar-refractivity contribution in [1.29, 1.82) is 5.26 Å². The summed E-state index contributed by atoms with van der Waals surface area (Å²) in [6.07, 6.45) is -0.716. The summed E-state index contributed by atoms with van der Waals surface area (Å²) >= 11 is 0. The first-order valence-corrected chi connectivity index (χ1v) is 4.70. The highest BCUT2D eigenvalue weighted by Crippen LogP contribution is 2.21. The van der Waals surface area contributed by atoms with Gasteiger partial charge < -0.3 is 5.11 Å². The number of nitrogens with zero attached hydrogens (tertiary/aromatic N) is 4. The number of nitriles is 1. The number of aliphatic hydroxyl groups is 1. The topological polar surface area (TPSA) is 98.5 Å². The molecule has 0 saturated carbocycles. The van der Waals surface area contributed by atoms with Crippen molar-refractivity contribution in [1.82, 2.24) is 20.6 Å². The highest BCUT2D eigenvalue weighted by Gasteiger charge is 2.09. The number of aromatic amines is 1. The Morgan fingerprint density at radius 2 is 2.38 bits per heavy atom. The molecule has 1 aromatic carbocycles. The molecule has 1 heterocycles. The minimum Gasteiger partial charge on any atom is -0.387 e. The van der Waals surface area contributed by atoms with Crippen LogP contribution in [-0.2, 0) is 0 Å². The van der Waals surface area contributed by atoms with Crippen LogP contribution in [0.3, 0.4) is 0 Å². The molecule has 0 spiro atoms. The summed E-state index contributed by atoms with van der Waals surface area (Å²) in [7, 11) is 0. The molecule has 0 bridgehead atoms. The molecule has 2 aromatic rings. The van der Waals surface area contributed by atoms with Crippen molar-refractivity contribution in [2.75, 3.05) is 0 Å². The third-order valence-corrected chi connectivity index (χ3v) is 2.16. The summed E-state index contributed by atoms with van der Waals surface area (Å²) < 4.78 is 0. The van der Waals surface area contributed by atoms with E-state index in [1.165, 1.54) is 0 Å². The van der Waals surface area contributed by atoms with E-state index in [2.05, 4.69) is 20.6 Å². The number of nitrogens with one attached hydrogen (secondary N) is 1. The molecule has 2 rings (SSSR count). The summed E-state index contributed by atoms with van der Waals surface area (Å²) in [6, 6.07) is 9.01. The van der Waals surface area contributed by atoms with Gasteiger partial charge in [0.2, 0.25) is 5.82 Å². The van der Waals surface area contributed by atoms with E-state index in [0.717, 1.165) is 5.56 Å². The summed E-state index contributed by atoms with van der Waals surface area (Å²) in [6.45, 7) is 0. The number of hydrogen-bond donors (Lipinski definition) is 2. The quantitative estimate of drug-likeness (QED) is 0.789. The van der Waals surface area contributed by atoms with Crippen molar-refractivity contribution in [3.05, 3.63) is 29.8 Å². The maximum atomic E-state index is 9.66. The van der Waals surface area contributed by atoms with Gasteiger partial charge in [0.05, 0.1) is 18.6 Å². The lowest BCUT2D eigenvalue weighted by atomic mass is 10.0. The minimum absolute atomic E-state index is 0.0652. The van der Waals surface area contributed by atoms with Gasteiger partial charge in [0.1, 0.15) is 0 Å². The summed E-state index contributed by atoms with van der Waals surface area (Å²) in [5.41, 5.74) is 1.42. The Hall–Kier alpha value is -2.26. The smallest absolute Gasteiger partial charge is 0.204 e. The third kappa shape index (κ3) is 2.04. The molecule has 1 unspecified atom stereocenters. The lowest BCUT2D eigenvalue weighted by Crippen LogP contribution is -1.96. The molecule has 0 aliphatic heterocycles. The summed E-state index contributed by atoms with van der Waals surface area (Å²) in [5.74, 6) is 0.464. The number of tetrazole rings is 1. The molecule has 80 valence electrons. The zero-order valence-electron chi connectivity index (χ0n) is 8.33. The molecule has 1 aromatic heterocycles. The predicted octanol–water partition coefficient (Wildman–Crippen LogP) is 0.814. The maximum Gasteiger partial charge on any atom is 0.204 e. The van der Waals surface area contributed by atoms with Gasteiger partial charge in [-0.05, 0) is 16.8 Å². The van der Waals surface area contributed by atoms with E-state index < -0.39 is 6.10 Å². The lowest BCUT2D eigenvalue weighted by Gasteiger charge is -2.07. The maximum absolute atomic E-state index is 9.66. The van der Waals surface area contributed by atoms with Crippen molar-refractivity contribution in [3.8, 4) is 17.5 Å². The molecular formula is C10H9N5O. The van der Waals surface area contributed by atoms with E-state index in [9.17, 15) is 5.11 Å². The zero-order chi connectivity index (χ0) is 11.4. The Balaban J connectivity index is 2.31. The van der Waals surface area contributed by atoms with Gasteiger partial charge in [-0.1, -0.05) is 18.2 Å². The molecule has 0 radical (unpaired) electrons. The predicted molar refractivity (Wildman–Crippen MR) is 54.8 cm³/mol. The monoisotopic (exact) mass is 215 g/mol. The Kier molecular flexibility index (Phi) is 2.89. The van der Waals surface area contributed by atoms with Crippen molar-refractivity contribution >= 4 is 0 Å². The molecule has 0 fully saturated rings. The molecular weight excluding hydrogens is 206 g/mol. The van der Waals surface area contributed by atoms with Crippen LogP contribution in [0.4, 0.5) is 0 Å². The highest BCUT2D eigenvalue weighted by atomic mass is 16.3. The van der Waals surface area contributed by atoms with Gasteiger partial charge in [0.25, 0.3) is 0 Å². The lowest BCUT2D eigenvalue weighted by molar-refractivity contribution is 0.183. The largest absolute Gasteiger partial charge is 0.387 e. The van der Waals surface area contributed by atoms with E-state index in [1.54, 1.807) is 18.2 Å². The van der Waals surface area contributed by atoms with E-state index in [-0.39, 0.29) is 6.42 Å². The highest BCUT2D eigenvalue weighted by molar-refractivity contribution is 5.55. The van der Waals surface area contributed by atoms with E-state index in [4.69, 9.17) is 5.26 Å². The van der Waals surface area contributed by atoms with E-state index >= 15 is 0 Å². The van der Waals surface area contributed by atoms with Crippen LogP contribution in [0.25, 0.3) is 11.4 Å². The summed E-state index contributed by atoms with van der Waals surface area (Å²) in [5, 5.41) is 31.7. The summed E-state index contributed by atoms with van der Waals surface area (Å²) in [4.78, 5) is 0. The first-order valence-electron chi connectivity index (χ1n) is 4.70. The Morgan fingerprint density at radius 3 is 3.06 bits per heavy atom. The Morgan fingerprint density at radius 1 is 1.50 bits per heavy atom. The Labute approximate surface area is 91.5 Å². The van der Waals surface area contributed by atoms with E-state index in [0.29, 0.717) is 11.4 Å². The van der Waals surface area contributed by atoms with Gasteiger partial charge in [0.15, 0.2) is 0 Å². The van der Waals surface area contributed by atoms with Crippen LogP contribution in [0.2, 0.25) is 0 Å². The molecule has 0 amide bonds. The van der Waals surface area contributed by atoms with Gasteiger partial charge in [-0.2, -0.15) is 10.5 Å². The van der Waals surface area contributed by atoms with Gasteiger partial charge in [0, 0.05) is 5.56 Å². The molecule has 16 heavy (non-hydrogen) atoms. The molecule has 0 aliphatic rings. The fraction of sp³-hybridized carbons (Fsp3) is 0.200. The van der Waals surface area contributed by atoms with E-state index in [1.807, 2.05) is 12.1 Å². The van der Waals surface area contributed by atoms with Crippen LogP contribution in [0.15, 0.2) is 24.3 Å². The SMILES string of the molecule is N#CCC(O)c1cccc(-c2nn[nH]n2)c1. The zero-order valence-corrected chi connectivity index (χ0v) is 8.33. The van der Waals surface area contributed by atoms with Crippen LogP contribution in [-0.4, -0.2) is 25.7 Å². The second kappa shape index (κ2) is 4.51. The number of benzene rings is 1. The Bertz CT molecular complexity index is 502. The van der Waals surface area contributed by atoms with Crippen molar-refractivity contribution in [2.45, 2.75) is 12.5 Å². The van der Waals surface area contributed by atoms with Gasteiger partial charge in [-0.3, -0.25) is 0 Å². The first kappa shape index (κ1) is 10.3. The second-order valence-electron chi connectivity index (χ2n) is 3.24. The van der Waals surface area contributed by atoms with Crippen LogP contribution >= 0.6 is 0 Å². The number of aliphatic hydroxyl groups excluding tert-OH is 1. The number of aromatic nitrogens is 4. The average molecular weight is 215 g/mol.